The minimum absolute atomic E-state index is 0.239. The monoisotopic (exact) mass is 730 g/mol. The van der Waals surface area contributed by atoms with Crippen molar-refractivity contribution in [3.05, 3.63) is 233 Å². The van der Waals surface area contributed by atoms with Gasteiger partial charge in [-0.1, -0.05) is 164 Å². The molecule has 8 aromatic rings. The maximum Gasteiger partial charge on any atom is 0.178 e. The van der Waals surface area contributed by atoms with E-state index >= 15 is 0 Å². The quantitative estimate of drug-likeness (QED) is 0.196. The van der Waals surface area contributed by atoms with Crippen LogP contribution in [0.4, 0.5) is 0 Å². The van der Waals surface area contributed by atoms with Gasteiger partial charge >= 0.3 is 0 Å². The minimum atomic E-state index is -0.530. The Balaban J connectivity index is 0.992. The third kappa shape index (κ3) is 4.71. The van der Waals surface area contributed by atoms with Crippen molar-refractivity contribution in [2.75, 3.05) is 0 Å². The molecule has 0 saturated carbocycles. The Kier molecular flexibility index (Phi) is 6.87. The lowest BCUT2D eigenvalue weighted by atomic mass is 9.70. The third-order valence-corrected chi connectivity index (χ3v) is 12.0. The van der Waals surface area contributed by atoms with Crippen molar-refractivity contribution in [1.29, 1.82) is 0 Å². The van der Waals surface area contributed by atoms with Gasteiger partial charge in [-0.2, -0.15) is 0 Å². The number of aliphatic imine (C=N–C) groups is 1. The van der Waals surface area contributed by atoms with Gasteiger partial charge < -0.3 is 14.8 Å². The normalized spacial score (nSPS) is 16.0. The highest BCUT2D eigenvalue weighted by Crippen LogP contribution is 2.66. The molecule has 4 heteroatoms. The molecule has 1 N–H and O–H groups in total. The number of nitrogens with zero attached hydrogens (tertiary/aromatic N) is 1. The molecule has 1 atom stereocenters. The van der Waals surface area contributed by atoms with Gasteiger partial charge in [-0.15, -0.1) is 0 Å². The Morgan fingerprint density at radius 1 is 0.439 bits per heavy atom. The molecule has 0 bridgehead atoms. The second-order valence-electron chi connectivity index (χ2n) is 15.0. The molecular weight excluding hydrogens is 697 g/mol. The van der Waals surface area contributed by atoms with E-state index in [1.165, 1.54) is 33.4 Å². The minimum Gasteiger partial charge on any atom is -0.449 e. The van der Waals surface area contributed by atoms with E-state index in [1.807, 2.05) is 36.4 Å². The molecule has 0 aromatic heterocycles. The van der Waals surface area contributed by atoms with Gasteiger partial charge in [-0.05, 0) is 97.1 Å². The molecule has 8 aromatic carbocycles. The number of para-hydroxylation sites is 2. The number of fused-ring (bicyclic) bond motifs is 13. The maximum atomic E-state index is 6.77. The van der Waals surface area contributed by atoms with Crippen LogP contribution in [0, 0.1) is 0 Å². The number of hydrogen-bond donors (Lipinski definition) is 1. The highest BCUT2D eigenvalue weighted by Gasteiger charge is 2.53. The van der Waals surface area contributed by atoms with Gasteiger partial charge in [0.05, 0.1) is 11.1 Å². The van der Waals surface area contributed by atoms with E-state index < -0.39 is 5.41 Å². The fourth-order valence-corrected chi connectivity index (χ4v) is 9.49. The Morgan fingerprint density at radius 3 is 1.77 bits per heavy atom. The number of nitrogens with one attached hydrogen (secondary N) is 1. The summed E-state index contributed by atoms with van der Waals surface area (Å²) < 4.78 is 13.3. The molecular formula is C53H34N2O2. The van der Waals surface area contributed by atoms with E-state index in [0.717, 1.165) is 73.4 Å². The summed E-state index contributed by atoms with van der Waals surface area (Å²) >= 11 is 0. The fraction of sp³-hybridized carbons (Fsp3) is 0.0377. The van der Waals surface area contributed by atoms with E-state index in [2.05, 4.69) is 163 Å². The Hall–Kier alpha value is -7.43. The number of allylic oxidation sites excluding steroid dienone is 1. The molecule has 1 unspecified atom stereocenters. The number of rotatable bonds is 4. The Labute approximate surface area is 331 Å². The van der Waals surface area contributed by atoms with Crippen LogP contribution in [0.25, 0.3) is 39.1 Å². The average Bonchev–Trinajstić information content (AvgIpc) is 3.76. The van der Waals surface area contributed by atoms with Crippen LogP contribution in [-0.4, -0.2) is 5.71 Å². The second-order valence-corrected chi connectivity index (χ2v) is 15.0. The zero-order valence-electron chi connectivity index (χ0n) is 30.8. The van der Waals surface area contributed by atoms with E-state index in [0.29, 0.717) is 0 Å². The molecule has 2 aliphatic carbocycles. The van der Waals surface area contributed by atoms with E-state index in [9.17, 15) is 0 Å². The van der Waals surface area contributed by atoms with Crippen LogP contribution < -0.4 is 14.8 Å². The van der Waals surface area contributed by atoms with Crippen LogP contribution in [0.3, 0.4) is 0 Å². The summed E-state index contributed by atoms with van der Waals surface area (Å²) in [5.41, 5.74) is 16.9. The topological polar surface area (TPSA) is 42.8 Å². The van der Waals surface area contributed by atoms with Gasteiger partial charge in [0.1, 0.15) is 6.17 Å². The lowest BCUT2D eigenvalue weighted by Crippen LogP contribution is -2.26. The molecule has 12 rings (SSSR count). The van der Waals surface area contributed by atoms with Crippen molar-refractivity contribution >= 4 is 11.4 Å². The van der Waals surface area contributed by atoms with Crippen LogP contribution in [0.15, 0.2) is 199 Å². The third-order valence-electron chi connectivity index (χ3n) is 12.0. The van der Waals surface area contributed by atoms with E-state index in [1.54, 1.807) is 0 Å². The van der Waals surface area contributed by atoms with Crippen molar-refractivity contribution in [2.45, 2.75) is 11.6 Å². The lowest BCUT2D eigenvalue weighted by Gasteiger charge is -2.31. The highest BCUT2D eigenvalue weighted by molar-refractivity contribution is 6.13. The van der Waals surface area contributed by atoms with Gasteiger partial charge in [-0.25, -0.2) is 0 Å². The largest absolute Gasteiger partial charge is 0.449 e. The average molecular weight is 731 g/mol. The number of benzene rings is 8. The van der Waals surface area contributed by atoms with Crippen molar-refractivity contribution in [3.63, 3.8) is 0 Å². The molecule has 57 heavy (non-hydrogen) atoms. The predicted molar refractivity (Wildman–Crippen MR) is 228 cm³/mol. The zero-order valence-corrected chi connectivity index (χ0v) is 30.8. The molecule has 2 aliphatic heterocycles. The Bertz CT molecular complexity index is 2940. The first-order chi connectivity index (χ1) is 28.2. The standard InChI is InChI=1S/C53H34N2O2/c1-3-13-34(14-4-1)45-32-46(35-15-5-2-6-16-35)55-52(54-45)36-25-23-33(24-26-36)37-27-28-40-44(31-37)53(41-19-9-7-17-38(41)39-18-8-10-20-42(39)53)43-29-30-49-51(50(40)43)57-48-22-12-11-21-47(48)56-49/h1-32,52,54H. The van der Waals surface area contributed by atoms with Gasteiger partial charge in [0, 0.05) is 11.3 Å². The molecule has 0 saturated heterocycles. The van der Waals surface area contributed by atoms with Crippen LogP contribution >= 0.6 is 0 Å². The molecule has 2 heterocycles. The molecule has 0 fully saturated rings. The van der Waals surface area contributed by atoms with Gasteiger partial charge in [-0.3, -0.25) is 4.99 Å². The molecule has 4 aliphatic rings. The summed E-state index contributed by atoms with van der Waals surface area (Å²) in [4.78, 5) is 5.22. The maximum absolute atomic E-state index is 6.77. The summed E-state index contributed by atoms with van der Waals surface area (Å²) in [6.45, 7) is 0. The first-order valence-electron chi connectivity index (χ1n) is 19.5. The van der Waals surface area contributed by atoms with Gasteiger partial charge in [0.25, 0.3) is 0 Å². The SMILES string of the molecule is C1=C(c2ccccc2)NC(c2ccc(-c3ccc4c(c3)C3(c5ccccc5-c5ccccc53)c3ccc5c(c3-4)Oc3ccccc3O5)cc2)N=C1c1ccccc1. The van der Waals surface area contributed by atoms with Gasteiger partial charge in [0.2, 0.25) is 0 Å². The first-order valence-corrected chi connectivity index (χ1v) is 19.5. The summed E-state index contributed by atoms with van der Waals surface area (Å²) in [6.07, 6.45) is 1.91. The van der Waals surface area contributed by atoms with Crippen LogP contribution in [0.2, 0.25) is 0 Å². The van der Waals surface area contributed by atoms with E-state index in [-0.39, 0.29) is 6.17 Å². The Morgan fingerprint density at radius 2 is 1.05 bits per heavy atom. The summed E-state index contributed by atoms with van der Waals surface area (Å²) in [5, 5.41) is 3.72. The molecule has 0 radical (unpaired) electrons. The van der Waals surface area contributed by atoms with Crippen molar-refractivity contribution < 1.29 is 9.47 Å². The molecule has 1 spiro atoms. The van der Waals surface area contributed by atoms with Crippen LogP contribution in [0.5, 0.6) is 23.0 Å². The molecule has 4 nitrogen and oxygen atoms in total. The highest BCUT2D eigenvalue weighted by atomic mass is 16.6. The second kappa shape index (κ2) is 12.3. The van der Waals surface area contributed by atoms with Crippen LogP contribution in [0.1, 0.15) is 45.1 Å². The smallest absolute Gasteiger partial charge is 0.178 e. The fourth-order valence-electron chi connectivity index (χ4n) is 9.49. The molecule has 268 valence electrons. The first kappa shape index (κ1) is 31.9. The summed E-state index contributed by atoms with van der Waals surface area (Å²) in [6, 6.07) is 66.8. The number of ether oxygens (including phenoxy) is 2. The lowest BCUT2D eigenvalue weighted by molar-refractivity contribution is 0.360. The van der Waals surface area contributed by atoms with E-state index in [4.69, 9.17) is 14.5 Å². The van der Waals surface area contributed by atoms with Gasteiger partial charge in [0.15, 0.2) is 23.0 Å². The summed E-state index contributed by atoms with van der Waals surface area (Å²) in [5.74, 6) is 2.95. The van der Waals surface area contributed by atoms with Crippen molar-refractivity contribution in [2.24, 2.45) is 4.99 Å². The predicted octanol–water partition coefficient (Wildman–Crippen LogP) is 12.7. The number of hydrogen-bond acceptors (Lipinski definition) is 4. The van der Waals surface area contributed by atoms with Crippen LogP contribution in [-0.2, 0) is 5.41 Å². The van der Waals surface area contributed by atoms with Crippen molar-refractivity contribution in [1.82, 2.24) is 5.32 Å². The summed E-state index contributed by atoms with van der Waals surface area (Å²) in [7, 11) is 0. The zero-order chi connectivity index (χ0) is 37.5. The van der Waals surface area contributed by atoms with Crippen molar-refractivity contribution in [3.8, 4) is 56.4 Å². The molecule has 0 amide bonds.